The lowest BCUT2D eigenvalue weighted by molar-refractivity contribution is -0.142. The average Bonchev–Trinajstić information content (AvgIpc) is 2.64. The number of allylic oxidation sites excluding steroid dienone is 2. The zero-order chi connectivity index (χ0) is 21.0. The monoisotopic (exact) mass is 395 g/mol. The summed E-state index contributed by atoms with van der Waals surface area (Å²) in [6.07, 6.45) is 21.5. The molecule has 0 unspecified atom stereocenters. The van der Waals surface area contributed by atoms with E-state index < -0.39 is 12.0 Å². The minimum Gasteiger partial charge on any atom is -0.480 e. The molecule has 0 aliphatic carbocycles. The lowest BCUT2D eigenvalue weighted by Gasteiger charge is -2.16. The van der Waals surface area contributed by atoms with Gasteiger partial charge < -0.3 is 10.4 Å². The number of hydrogen-bond acceptors (Lipinski definition) is 2. The van der Waals surface area contributed by atoms with E-state index in [1.54, 1.807) is 0 Å². The first kappa shape index (κ1) is 26.7. The van der Waals surface area contributed by atoms with Crippen molar-refractivity contribution in [2.45, 2.75) is 123 Å². The molecule has 0 rings (SSSR count). The molecule has 4 nitrogen and oxygen atoms in total. The Balaban J connectivity index is 3.50. The molecule has 0 spiro atoms. The van der Waals surface area contributed by atoms with Crippen LogP contribution in [-0.4, -0.2) is 23.0 Å². The zero-order valence-corrected chi connectivity index (χ0v) is 18.7. The molecule has 1 amide bonds. The summed E-state index contributed by atoms with van der Waals surface area (Å²) in [5.74, 6) is -0.821. The zero-order valence-electron chi connectivity index (χ0n) is 18.7. The van der Waals surface area contributed by atoms with Gasteiger partial charge >= 0.3 is 5.97 Å². The van der Waals surface area contributed by atoms with E-state index in [1.165, 1.54) is 57.8 Å². The van der Waals surface area contributed by atoms with Crippen LogP contribution in [0.4, 0.5) is 0 Å². The molecule has 164 valence electrons. The molecule has 0 saturated carbocycles. The molecule has 0 aromatic heterocycles. The first-order valence-electron chi connectivity index (χ1n) is 11.6. The molecule has 0 saturated heterocycles. The van der Waals surface area contributed by atoms with E-state index in [4.69, 9.17) is 5.11 Å². The van der Waals surface area contributed by atoms with Crippen molar-refractivity contribution in [1.82, 2.24) is 5.32 Å². The van der Waals surface area contributed by atoms with Crippen molar-refractivity contribution < 1.29 is 14.7 Å². The van der Waals surface area contributed by atoms with Crippen LogP contribution in [0.15, 0.2) is 12.2 Å². The van der Waals surface area contributed by atoms with Crippen molar-refractivity contribution in [1.29, 1.82) is 0 Å². The second-order valence-electron chi connectivity index (χ2n) is 8.42. The van der Waals surface area contributed by atoms with Gasteiger partial charge in [-0.15, -0.1) is 0 Å². The van der Waals surface area contributed by atoms with Crippen molar-refractivity contribution in [3.8, 4) is 0 Å². The molecule has 1 atom stereocenters. The van der Waals surface area contributed by atoms with E-state index in [0.717, 1.165) is 25.7 Å². The number of aliphatic carboxylic acids is 1. The fraction of sp³-hybridized carbons (Fsp3) is 0.833. The van der Waals surface area contributed by atoms with Crippen LogP contribution >= 0.6 is 0 Å². The van der Waals surface area contributed by atoms with Gasteiger partial charge in [-0.3, -0.25) is 4.79 Å². The summed E-state index contributed by atoms with van der Waals surface area (Å²) in [7, 11) is 0. The van der Waals surface area contributed by atoms with Crippen LogP contribution in [0.25, 0.3) is 0 Å². The third-order valence-corrected chi connectivity index (χ3v) is 5.01. The van der Waals surface area contributed by atoms with Gasteiger partial charge in [-0.05, 0) is 44.4 Å². The van der Waals surface area contributed by atoms with Crippen LogP contribution in [0.3, 0.4) is 0 Å². The molecule has 0 aliphatic heterocycles. The highest BCUT2D eigenvalue weighted by molar-refractivity contribution is 5.83. The smallest absolute Gasteiger partial charge is 0.326 e. The average molecular weight is 396 g/mol. The number of hydrogen-bond donors (Lipinski definition) is 2. The molecule has 0 aromatic rings. The van der Waals surface area contributed by atoms with Gasteiger partial charge in [0.15, 0.2) is 0 Å². The summed E-state index contributed by atoms with van der Waals surface area (Å²) < 4.78 is 0. The molecule has 28 heavy (non-hydrogen) atoms. The molecule has 0 radical (unpaired) electrons. The summed E-state index contributed by atoms with van der Waals surface area (Å²) in [5, 5.41) is 11.8. The molecule has 0 heterocycles. The Labute approximate surface area is 173 Å². The molecule has 0 bridgehead atoms. The lowest BCUT2D eigenvalue weighted by Crippen LogP contribution is -2.41. The van der Waals surface area contributed by atoms with Gasteiger partial charge in [0.05, 0.1) is 0 Å². The van der Waals surface area contributed by atoms with Crippen LogP contribution < -0.4 is 5.32 Å². The van der Waals surface area contributed by atoms with Crippen molar-refractivity contribution >= 4 is 11.9 Å². The molecular weight excluding hydrogens is 350 g/mol. The Hall–Kier alpha value is -1.32. The maximum absolute atomic E-state index is 11.9. The first-order valence-corrected chi connectivity index (χ1v) is 11.6. The van der Waals surface area contributed by atoms with Gasteiger partial charge in [0, 0.05) is 6.42 Å². The van der Waals surface area contributed by atoms with E-state index in [1.807, 2.05) is 13.8 Å². The van der Waals surface area contributed by atoms with Crippen LogP contribution in [0, 0.1) is 5.92 Å². The van der Waals surface area contributed by atoms with E-state index in [-0.39, 0.29) is 11.8 Å². The topological polar surface area (TPSA) is 66.4 Å². The number of nitrogens with one attached hydrogen (secondary N) is 1. The van der Waals surface area contributed by atoms with Gasteiger partial charge in [-0.25, -0.2) is 4.79 Å². The predicted octanol–water partition coefficient (Wildman–Crippen LogP) is 6.64. The number of amides is 1. The number of carbonyl (C=O) groups is 2. The third kappa shape index (κ3) is 18.1. The van der Waals surface area contributed by atoms with Crippen molar-refractivity contribution in [3.63, 3.8) is 0 Å². The molecule has 0 fully saturated rings. The van der Waals surface area contributed by atoms with Crippen LogP contribution in [0.2, 0.25) is 0 Å². The quantitative estimate of drug-likeness (QED) is 0.190. The number of carbonyl (C=O) groups excluding carboxylic acids is 1. The first-order chi connectivity index (χ1) is 13.5. The number of carboxylic acid groups (broad SMARTS) is 1. The predicted molar refractivity (Wildman–Crippen MR) is 118 cm³/mol. The van der Waals surface area contributed by atoms with Gasteiger partial charge in [0.25, 0.3) is 0 Å². The maximum Gasteiger partial charge on any atom is 0.326 e. The molecule has 0 aliphatic rings. The number of rotatable bonds is 19. The Kier molecular flexibility index (Phi) is 18.1. The van der Waals surface area contributed by atoms with Gasteiger partial charge in [0.1, 0.15) is 6.04 Å². The molecule has 2 N–H and O–H groups in total. The minimum atomic E-state index is -0.938. The van der Waals surface area contributed by atoms with E-state index in [9.17, 15) is 9.59 Å². The summed E-state index contributed by atoms with van der Waals surface area (Å²) >= 11 is 0. The van der Waals surface area contributed by atoms with Crippen LogP contribution in [0.1, 0.15) is 117 Å². The fourth-order valence-electron chi connectivity index (χ4n) is 3.32. The highest BCUT2D eigenvalue weighted by Gasteiger charge is 2.20. The van der Waals surface area contributed by atoms with Gasteiger partial charge in [-0.1, -0.05) is 84.3 Å². The summed E-state index contributed by atoms with van der Waals surface area (Å²) in [6.45, 7) is 6.18. The SMILES string of the molecule is CCCCCCCC/C=C/CCCCCCCC(=O)N[C@@H](CC(C)C)C(=O)O. The normalized spacial score (nSPS) is 12.6. The Morgan fingerprint density at radius 2 is 1.32 bits per heavy atom. The summed E-state index contributed by atoms with van der Waals surface area (Å²) in [5.41, 5.74) is 0. The molecular formula is C24H45NO3. The second kappa shape index (κ2) is 19.0. The third-order valence-electron chi connectivity index (χ3n) is 5.01. The van der Waals surface area contributed by atoms with E-state index in [2.05, 4.69) is 24.4 Å². The lowest BCUT2D eigenvalue weighted by atomic mass is 10.0. The van der Waals surface area contributed by atoms with Crippen molar-refractivity contribution in [3.05, 3.63) is 12.2 Å². The van der Waals surface area contributed by atoms with Crippen molar-refractivity contribution in [2.24, 2.45) is 5.92 Å². The Morgan fingerprint density at radius 3 is 1.82 bits per heavy atom. The van der Waals surface area contributed by atoms with E-state index in [0.29, 0.717) is 12.8 Å². The van der Waals surface area contributed by atoms with E-state index >= 15 is 0 Å². The van der Waals surface area contributed by atoms with Crippen molar-refractivity contribution in [2.75, 3.05) is 0 Å². The summed E-state index contributed by atoms with van der Waals surface area (Å²) in [4.78, 5) is 23.1. The molecule has 0 aromatic carbocycles. The number of carboxylic acids is 1. The Bertz CT molecular complexity index is 418. The summed E-state index contributed by atoms with van der Waals surface area (Å²) in [6, 6.07) is -0.754. The highest BCUT2D eigenvalue weighted by atomic mass is 16.4. The highest BCUT2D eigenvalue weighted by Crippen LogP contribution is 2.10. The standard InChI is InChI=1S/C24H45NO3/c1-4-5-6-7-8-9-10-11-12-13-14-15-16-17-18-19-23(26)25-22(24(27)28)20-21(2)3/h11-12,21-22H,4-10,13-20H2,1-3H3,(H,25,26)(H,27,28)/b12-11+/t22-/m0/s1. The largest absolute Gasteiger partial charge is 0.480 e. The minimum absolute atomic E-state index is 0.134. The van der Waals surface area contributed by atoms with Crippen LogP contribution in [-0.2, 0) is 9.59 Å². The van der Waals surface area contributed by atoms with Crippen LogP contribution in [0.5, 0.6) is 0 Å². The second-order valence-corrected chi connectivity index (χ2v) is 8.42. The maximum atomic E-state index is 11.9. The van der Waals surface area contributed by atoms with Gasteiger partial charge in [-0.2, -0.15) is 0 Å². The molecule has 4 heteroatoms. The Morgan fingerprint density at radius 1 is 0.821 bits per heavy atom. The number of unbranched alkanes of at least 4 members (excludes halogenated alkanes) is 11. The van der Waals surface area contributed by atoms with Gasteiger partial charge in [0.2, 0.25) is 5.91 Å². The fourth-order valence-corrected chi connectivity index (χ4v) is 3.32.